The summed E-state index contributed by atoms with van der Waals surface area (Å²) in [5.41, 5.74) is 0.590. The van der Waals surface area contributed by atoms with Gasteiger partial charge in [0.25, 0.3) is 0 Å². The molecule has 17 heavy (non-hydrogen) atoms. The molecule has 6 nitrogen and oxygen atoms in total. The Labute approximate surface area is 98.7 Å². The Kier molecular flexibility index (Phi) is 3.13. The zero-order valence-electron chi connectivity index (χ0n) is 9.66. The van der Waals surface area contributed by atoms with E-state index in [1.807, 2.05) is 13.8 Å². The van der Waals surface area contributed by atoms with Gasteiger partial charge in [0, 0.05) is 18.3 Å². The van der Waals surface area contributed by atoms with Gasteiger partial charge in [-0.3, -0.25) is 9.36 Å². The normalized spacial score (nSPS) is 10.5. The molecule has 0 atom stereocenters. The maximum Gasteiger partial charge on any atom is 0.234 e. The summed E-state index contributed by atoms with van der Waals surface area (Å²) in [6, 6.07) is 0. The molecule has 0 aliphatic carbocycles. The molecule has 2 aromatic rings. The molecule has 6 heteroatoms. The molecule has 0 spiro atoms. The van der Waals surface area contributed by atoms with Gasteiger partial charge in [-0.15, -0.1) is 0 Å². The lowest BCUT2D eigenvalue weighted by Crippen LogP contribution is -2.18. The average molecular weight is 231 g/mol. The summed E-state index contributed by atoms with van der Waals surface area (Å²) < 4.78 is 1.69. The zero-order valence-corrected chi connectivity index (χ0v) is 9.66. The second kappa shape index (κ2) is 4.73. The highest BCUT2D eigenvalue weighted by molar-refractivity contribution is 5.91. The third-order valence-corrected chi connectivity index (χ3v) is 2.17. The number of nitrogens with zero attached hydrogens (tertiary/aromatic N) is 4. The Morgan fingerprint density at radius 3 is 2.59 bits per heavy atom. The van der Waals surface area contributed by atoms with Crippen LogP contribution in [-0.4, -0.2) is 25.4 Å². The Hall–Kier alpha value is -2.24. The van der Waals surface area contributed by atoms with Crippen molar-refractivity contribution in [3.63, 3.8) is 0 Å². The summed E-state index contributed by atoms with van der Waals surface area (Å²) in [6.07, 6.45) is 8.16. The summed E-state index contributed by atoms with van der Waals surface area (Å²) in [7, 11) is 0. The summed E-state index contributed by atoms with van der Waals surface area (Å²) in [5.74, 6) is 0.400. The molecule has 0 unspecified atom stereocenters. The highest BCUT2D eigenvalue weighted by Gasteiger charge is 2.07. The van der Waals surface area contributed by atoms with Crippen LogP contribution < -0.4 is 5.32 Å². The summed E-state index contributed by atoms with van der Waals surface area (Å²) in [5, 5.41) is 2.73. The zero-order chi connectivity index (χ0) is 12.3. The van der Waals surface area contributed by atoms with Gasteiger partial charge in [-0.2, -0.15) is 0 Å². The van der Waals surface area contributed by atoms with Gasteiger partial charge in [0.2, 0.25) is 11.9 Å². The van der Waals surface area contributed by atoms with Crippen LogP contribution in [-0.2, 0) is 4.79 Å². The van der Waals surface area contributed by atoms with Crippen molar-refractivity contribution in [2.75, 3.05) is 5.32 Å². The number of aromatic nitrogens is 4. The van der Waals surface area contributed by atoms with E-state index in [1.165, 1.54) is 0 Å². The quantitative estimate of drug-likeness (QED) is 0.863. The lowest BCUT2D eigenvalue weighted by molar-refractivity contribution is -0.118. The molecule has 2 heterocycles. The number of nitrogens with one attached hydrogen (secondary N) is 1. The molecule has 0 bridgehead atoms. The van der Waals surface area contributed by atoms with Crippen molar-refractivity contribution in [3.8, 4) is 5.95 Å². The fourth-order valence-electron chi connectivity index (χ4n) is 1.18. The predicted octanol–water partition coefficient (Wildman–Crippen LogP) is 1.26. The first kappa shape index (κ1) is 11.3. The van der Waals surface area contributed by atoms with E-state index in [9.17, 15) is 4.79 Å². The fraction of sp³-hybridized carbons (Fsp3) is 0.273. The molecule has 0 radical (unpaired) electrons. The van der Waals surface area contributed by atoms with E-state index in [0.717, 1.165) is 0 Å². The van der Waals surface area contributed by atoms with E-state index in [2.05, 4.69) is 20.3 Å². The van der Waals surface area contributed by atoms with Crippen LogP contribution >= 0.6 is 0 Å². The first-order valence-electron chi connectivity index (χ1n) is 5.28. The van der Waals surface area contributed by atoms with E-state index >= 15 is 0 Å². The van der Waals surface area contributed by atoms with Gasteiger partial charge in [0.1, 0.15) is 6.33 Å². The van der Waals surface area contributed by atoms with Crippen LogP contribution in [0, 0.1) is 5.92 Å². The molecule has 2 rings (SSSR count). The number of carbonyl (C=O) groups excluding carboxylic acids is 1. The number of carbonyl (C=O) groups is 1. The third-order valence-electron chi connectivity index (χ3n) is 2.17. The number of anilines is 1. The molecule has 88 valence electrons. The summed E-state index contributed by atoms with van der Waals surface area (Å²) in [6.45, 7) is 3.66. The fourth-order valence-corrected chi connectivity index (χ4v) is 1.18. The van der Waals surface area contributed by atoms with Crippen LogP contribution in [0.1, 0.15) is 13.8 Å². The van der Waals surface area contributed by atoms with E-state index in [-0.39, 0.29) is 11.8 Å². The van der Waals surface area contributed by atoms with Crippen molar-refractivity contribution in [1.29, 1.82) is 0 Å². The van der Waals surface area contributed by atoms with E-state index in [4.69, 9.17) is 0 Å². The van der Waals surface area contributed by atoms with Crippen molar-refractivity contribution >= 4 is 11.6 Å². The lowest BCUT2D eigenvalue weighted by atomic mass is 10.2. The average Bonchev–Trinajstić information content (AvgIpc) is 2.83. The Balaban J connectivity index is 2.11. The Morgan fingerprint density at radius 2 is 2.06 bits per heavy atom. The number of hydrogen-bond donors (Lipinski definition) is 1. The molecule has 0 saturated heterocycles. The summed E-state index contributed by atoms with van der Waals surface area (Å²) >= 11 is 0. The number of amides is 1. The second-order valence-electron chi connectivity index (χ2n) is 3.89. The van der Waals surface area contributed by atoms with Crippen LogP contribution in [0.2, 0.25) is 0 Å². The Bertz CT molecular complexity index is 489. The predicted molar refractivity (Wildman–Crippen MR) is 62.6 cm³/mol. The van der Waals surface area contributed by atoms with Gasteiger partial charge in [0.05, 0.1) is 18.1 Å². The van der Waals surface area contributed by atoms with Crippen molar-refractivity contribution < 1.29 is 4.79 Å². The number of hydrogen-bond acceptors (Lipinski definition) is 4. The number of rotatable bonds is 3. The molecule has 1 amide bonds. The van der Waals surface area contributed by atoms with Crippen LogP contribution in [0.15, 0.2) is 31.1 Å². The van der Waals surface area contributed by atoms with Crippen LogP contribution in [0.5, 0.6) is 0 Å². The SMILES string of the molecule is CC(C)C(=O)Nc1cnc(-n2ccnc2)nc1. The molecule has 0 aliphatic rings. The first-order chi connectivity index (χ1) is 8.16. The highest BCUT2D eigenvalue weighted by Crippen LogP contribution is 2.07. The molecular formula is C11H13N5O. The van der Waals surface area contributed by atoms with Gasteiger partial charge in [-0.25, -0.2) is 15.0 Å². The van der Waals surface area contributed by atoms with Gasteiger partial charge in [0.15, 0.2) is 0 Å². The molecule has 0 aromatic carbocycles. The molecule has 0 saturated carbocycles. The smallest absolute Gasteiger partial charge is 0.234 e. The second-order valence-corrected chi connectivity index (χ2v) is 3.89. The van der Waals surface area contributed by atoms with Gasteiger partial charge in [-0.05, 0) is 0 Å². The van der Waals surface area contributed by atoms with Crippen molar-refractivity contribution in [2.45, 2.75) is 13.8 Å². The monoisotopic (exact) mass is 231 g/mol. The third kappa shape index (κ3) is 2.66. The largest absolute Gasteiger partial charge is 0.323 e. The van der Waals surface area contributed by atoms with Gasteiger partial charge in [-0.1, -0.05) is 13.8 Å². The van der Waals surface area contributed by atoms with E-state index in [0.29, 0.717) is 11.6 Å². The van der Waals surface area contributed by atoms with E-state index in [1.54, 1.807) is 35.7 Å². The molecular weight excluding hydrogens is 218 g/mol. The number of imidazole rings is 1. The van der Waals surface area contributed by atoms with Crippen LogP contribution in [0.3, 0.4) is 0 Å². The Morgan fingerprint density at radius 1 is 1.35 bits per heavy atom. The van der Waals surface area contributed by atoms with Crippen molar-refractivity contribution in [3.05, 3.63) is 31.1 Å². The molecule has 0 fully saturated rings. The minimum absolute atomic E-state index is 0.0519. The maximum absolute atomic E-state index is 11.4. The minimum atomic E-state index is -0.0664. The standard InChI is InChI=1S/C11H13N5O/c1-8(2)10(17)15-9-5-13-11(14-6-9)16-4-3-12-7-16/h3-8H,1-2H3,(H,15,17). The van der Waals surface area contributed by atoms with E-state index < -0.39 is 0 Å². The lowest BCUT2D eigenvalue weighted by Gasteiger charge is -2.07. The van der Waals surface area contributed by atoms with Crippen molar-refractivity contribution in [1.82, 2.24) is 19.5 Å². The van der Waals surface area contributed by atoms with Gasteiger partial charge < -0.3 is 5.32 Å². The first-order valence-corrected chi connectivity index (χ1v) is 5.28. The molecule has 1 N–H and O–H groups in total. The molecule has 2 aromatic heterocycles. The topological polar surface area (TPSA) is 72.7 Å². The maximum atomic E-state index is 11.4. The summed E-state index contributed by atoms with van der Waals surface area (Å²) in [4.78, 5) is 23.6. The highest BCUT2D eigenvalue weighted by atomic mass is 16.1. The van der Waals surface area contributed by atoms with Gasteiger partial charge >= 0.3 is 0 Å². The van der Waals surface area contributed by atoms with Crippen LogP contribution in [0.4, 0.5) is 5.69 Å². The van der Waals surface area contributed by atoms with Crippen molar-refractivity contribution in [2.24, 2.45) is 5.92 Å². The minimum Gasteiger partial charge on any atom is -0.323 e. The van der Waals surface area contributed by atoms with Crippen LogP contribution in [0.25, 0.3) is 5.95 Å². The molecule has 0 aliphatic heterocycles.